The van der Waals surface area contributed by atoms with E-state index in [2.05, 4.69) is 24.0 Å². The first kappa shape index (κ1) is 15.1. The lowest BCUT2D eigenvalue weighted by atomic mass is 9.88. The molecule has 22 heavy (non-hydrogen) atoms. The molecule has 0 amide bonds. The summed E-state index contributed by atoms with van der Waals surface area (Å²) >= 11 is 1.93. The van der Waals surface area contributed by atoms with Crippen molar-refractivity contribution < 1.29 is 9.47 Å². The molecule has 4 rings (SSSR count). The van der Waals surface area contributed by atoms with Gasteiger partial charge in [-0.25, -0.2) is 0 Å². The van der Waals surface area contributed by atoms with Crippen molar-refractivity contribution >= 4 is 11.3 Å². The van der Waals surface area contributed by atoms with Crippen LogP contribution >= 0.6 is 11.3 Å². The molecule has 1 atom stereocenters. The molecule has 3 heterocycles. The Morgan fingerprint density at radius 1 is 1.32 bits per heavy atom. The van der Waals surface area contributed by atoms with Gasteiger partial charge in [0.2, 0.25) is 0 Å². The highest BCUT2D eigenvalue weighted by molar-refractivity contribution is 7.11. The fourth-order valence-electron chi connectivity index (χ4n) is 3.72. The lowest BCUT2D eigenvalue weighted by Crippen LogP contribution is -2.43. The predicted molar refractivity (Wildman–Crippen MR) is 89.3 cm³/mol. The number of aryl methyl sites for hydroxylation is 1. The first-order valence-corrected chi connectivity index (χ1v) is 9.56. The summed E-state index contributed by atoms with van der Waals surface area (Å²) < 4.78 is 12.2. The van der Waals surface area contributed by atoms with Gasteiger partial charge in [-0.3, -0.25) is 4.90 Å². The number of nitrogens with zero attached hydrogens (tertiary/aromatic N) is 1. The Morgan fingerprint density at radius 3 is 2.82 bits per heavy atom. The Morgan fingerprint density at radius 2 is 2.14 bits per heavy atom. The van der Waals surface area contributed by atoms with E-state index in [1.807, 2.05) is 11.3 Å². The van der Waals surface area contributed by atoms with Crippen LogP contribution in [0.15, 0.2) is 12.1 Å². The molecule has 2 saturated heterocycles. The normalized spacial score (nSPS) is 28.5. The van der Waals surface area contributed by atoms with Gasteiger partial charge >= 0.3 is 0 Å². The van der Waals surface area contributed by atoms with Crippen molar-refractivity contribution in [1.82, 2.24) is 4.90 Å². The van der Waals surface area contributed by atoms with E-state index in [1.165, 1.54) is 35.4 Å². The van der Waals surface area contributed by atoms with Gasteiger partial charge in [-0.15, -0.1) is 11.3 Å². The molecule has 3 aliphatic rings. The van der Waals surface area contributed by atoms with E-state index in [1.54, 1.807) is 0 Å². The minimum Gasteiger partial charge on any atom is -0.375 e. The number of thiophene rings is 1. The van der Waals surface area contributed by atoms with Crippen LogP contribution in [0.4, 0.5) is 0 Å². The van der Waals surface area contributed by atoms with Gasteiger partial charge in [-0.1, -0.05) is 0 Å². The molecule has 0 bridgehead atoms. The third kappa shape index (κ3) is 3.56. The molecule has 122 valence electrons. The maximum Gasteiger partial charge on any atom is 0.0836 e. The third-order valence-electron chi connectivity index (χ3n) is 5.38. The van der Waals surface area contributed by atoms with Gasteiger partial charge in [-0.05, 0) is 50.7 Å². The molecule has 3 nitrogen and oxygen atoms in total. The van der Waals surface area contributed by atoms with E-state index < -0.39 is 0 Å². The molecular weight excluding hydrogens is 294 g/mol. The molecule has 1 aromatic heterocycles. The maximum atomic E-state index is 6.20. The SMILES string of the molecule is Cc1ccc(CN2CCC3(CC2)C[C@H](OCC2CC2)CO3)s1. The summed E-state index contributed by atoms with van der Waals surface area (Å²) in [5.74, 6) is 0.854. The smallest absolute Gasteiger partial charge is 0.0836 e. The van der Waals surface area contributed by atoms with Crippen LogP contribution in [-0.4, -0.2) is 42.9 Å². The molecule has 1 spiro atoms. The van der Waals surface area contributed by atoms with E-state index in [9.17, 15) is 0 Å². The van der Waals surface area contributed by atoms with E-state index in [4.69, 9.17) is 9.47 Å². The van der Waals surface area contributed by atoms with Gasteiger partial charge in [0.15, 0.2) is 0 Å². The third-order valence-corrected chi connectivity index (χ3v) is 6.37. The van der Waals surface area contributed by atoms with Crippen LogP contribution in [0.5, 0.6) is 0 Å². The highest BCUT2D eigenvalue weighted by atomic mass is 32.1. The quantitative estimate of drug-likeness (QED) is 0.827. The van der Waals surface area contributed by atoms with Gasteiger partial charge in [0, 0.05) is 42.4 Å². The lowest BCUT2D eigenvalue weighted by Gasteiger charge is -2.38. The van der Waals surface area contributed by atoms with Crippen LogP contribution in [-0.2, 0) is 16.0 Å². The van der Waals surface area contributed by atoms with Crippen molar-refractivity contribution in [2.45, 2.75) is 57.3 Å². The number of hydrogen-bond acceptors (Lipinski definition) is 4. The summed E-state index contributed by atoms with van der Waals surface area (Å²) in [7, 11) is 0. The Hall–Kier alpha value is -0.420. The molecule has 1 aliphatic carbocycles. The van der Waals surface area contributed by atoms with Crippen molar-refractivity contribution in [3.05, 3.63) is 21.9 Å². The lowest BCUT2D eigenvalue weighted by molar-refractivity contribution is -0.0465. The van der Waals surface area contributed by atoms with Crippen LogP contribution in [0.1, 0.15) is 41.9 Å². The Balaban J connectivity index is 1.24. The second kappa shape index (κ2) is 6.23. The summed E-state index contributed by atoms with van der Waals surface area (Å²) in [6, 6.07) is 4.51. The van der Waals surface area contributed by atoms with Crippen molar-refractivity contribution in [2.24, 2.45) is 5.92 Å². The number of rotatable bonds is 5. The zero-order chi connectivity index (χ0) is 15.0. The molecule has 0 aromatic carbocycles. The Kier molecular flexibility index (Phi) is 4.29. The standard InChI is InChI=1S/C18H27NO2S/c1-14-2-5-17(22-14)11-19-8-6-18(7-9-19)10-16(13-21-18)20-12-15-3-4-15/h2,5,15-16H,3-4,6-13H2,1H3/t16-/m0/s1. The fraction of sp³-hybridized carbons (Fsp3) is 0.778. The molecule has 0 unspecified atom stereocenters. The van der Waals surface area contributed by atoms with Crippen molar-refractivity contribution in [2.75, 3.05) is 26.3 Å². The fourth-order valence-corrected chi connectivity index (χ4v) is 4.66. The largest absolute Gasteiger partial charge is 0.375 e. The maximum absolute atomic E-state index is 6.20. The van der Waals surface area contributed by atoms with Crippen molar-refractivity contribution in [3.8, 4) is 0 Å². The number of piperidine rings is 1. The molecule has 3 fully saturated rings. The van der Waals surface area contributed by atoms with Crippen LogP contribution in [0, 0.1) is 12.8 Å². The van der Waals surface area contributed by atoms with Gasteiger partial charge in [0.05, 0.1) is 18.3 Å². The molecule has 4 heteroatoms. The van der Waals surface area contributed by atoms with E-state index >= 15 is 0 Å². The van der Waals surface area contributed by atoms with E-state index in [0.717, 1.165) is 45.2 Å². The molecular formula is C18H27NO2S. The molecule has 0 N–H and O–H groups in total. The summed E-state index contributed by atoms with van der Waals surface area (Å²) in [5, 5.41) is 0. The van der Waals surface area contributed by atoms with Gasteiger partial charge < -0.3 is 9.47 Å². The molecule has 2 aliphatic heterocycles. The minimum atomic E-state index is 0.121. The minimum absolute atomic E-state index is 0.121. The van der Waals surface area contributed by atoms with Crippen LogP contribution < -0.4 is 0 Å². The topological polar surface area (TPSA) is 21.7 Å². The van der Waals surface area contributed by atoms with Crippen molar-refractivity contribution in [1.29, 1.82) is 0 Å². The first-order valence-electron chi connectivity index (χ1n) is 8.74. The van der Waals surface area contributed by atoms with Crippen LogP contribution in [0.25, 0.3) is 0 Å². The van der Waals surface area contributed by atoms with Crippen molar-refractivity contribution in [3.63, 3.8) is 0 Å². The molecule has 1 aromatic rings. The molecule has 1 saturated carbocycles. The number of hydrogen-bond donors (Lipinski definition) is 0. The van der Waals surface area contributed by atoms with E-state index in [-0.39, 0.29) is 5.60 Å². The zero-order valence-electron chi connectivity index (χ0n) is 13.6. The van der Waals surface area contributed by atoms with Gasteiger partial charge in [0.25, 0.3) is 0 Å². The Bertz CT molecular complexity index is 503. The second-order valence-corrected chi connectivity index (χ2v) is 8.76. The van der Waals surface area contributed by atoms with Gasteiger partial charge in [-0.2, -0.15) is 0 Å². The second-order valence-electron chi connectivity index (χ2n) is 7.39. The summed E-state index contributed by atoms with van der Waals surface area (Å²) in [6.45, 7) is 7.40. The van der Waals surface area contributed by atoms with E-state index in [0.29, 0.717) is 6.10 Å². The highest BCUT2D eigenvalue weighted by Crippen LogP contribution is 2.38. The zero-order valence-corrected chi connectivity index (χ0v) is 14.4. The number of ether oxygens (including phenoxy) is 2. The average molecular weight is 321 g/mol. The number of likely N-dealkylation sites (tertiary alicyclic amines) is 1. The van der Waals surface area contributed by atoms with Crippen LogP contribution in [0.3, 0.4) is 0 Å². The first-order chi connectivity index (χ1) is 10.7. The summed E-state index contributed by atoms with van der Waals surface area (Å²) in [4.78, 5) is 5.49. The molecule has 0 radical (unpaired) electrons. The average Bonchev–Trinajstić information content (AvgIpc) is 3.14. The van der Waals surface area contributed by atoms with Gasteiger partial charge in [0.1, 0.15) is 0 Å². The predicted octanol–water partition coefficient (Wildman–Crippen LogP) is 3.61. The summed E-state index contributed by atoms with van der Waals surface area (Å²) in [6.07, 6.45) is 6.55. The van der Waals surface area contributed by atoms with Crippen LogP contribution in [0.2, 0.25) is 0 Å². The summed E-state index contributed by atoms with van der Waals surface area (Å²) in [5.41, 5.74) is 0.121. The monoisotopic (exact) mass is 321 g/mol. The highest BCUT2D eigenvalue weighted by Gasteiger charge is 2.43. The Labute approximate surface area is 137 Å².